The fourth-order valence-corrected chi connectivity index (χ4v) is 4.87. The number of sulfonamides is 1. The Morgan fingerprint density at radius 3 is 2.95 bits per heavy atom. The summed E-state index contributed by atoms with van der Waals surface area (Å²) in [6.07, 6.45) is 3.09. The van der Waals surface area contributed by atoms with Crippen LogP contribution in [0.5, 0.6) is 0 Å². The van der Waals surface area contributed by atoms with Crippen LogP contribution in [0.25, 0.3) is 0 Å². The smallest absolute Gasteiger partial charge is 0.240 e. The van der Waals surface area contributed by atoms with Crippen LogP contribution < -0.4 is 10.0 Å². The lowest BCUT2D eigenvalue weighted by molar-refractivity contribution is 0.543. The van der Waals surface area contributed by atoms with Crippen LogP contribution in [-0.4, -0.2) is 32.5 Å². The molecule has 0 bridgehead atoms. The molecule has 0 aromatic heterocycles. The molecule has 1 aliphatic heterocycles. The number of benzene rings is 1. The summed E-state index contributed by atoms with van der Waals surface area (Å²) in [6.45, 7) is 3.75. The molecule has 4 nitrogen and oxygen atoms in total. The van der Waals surface area contributed by atoms with Crippen molar-refractivity contribution in [1.29, 1.82) is 0 Å². The summed E-state index contributed by atoms with van der Waals surface area (Å²) < 4.78 is 27.7. The Morgan fingerprint density at radius 1 is 1.38 bits per heavy atom. The fraction of sp³-hybridized carbons (Fsp3) is 0.600. The van der Waals surface area contributed by atoms with Gasteiger partial charge in [0.15, 0.2) is 0 Å². The predicted molar refractivity (Wildman–Crippen MR) is 89.1 cm³/mol. The molecular formula is C15H24N2O2S2. The van der Waals surface area contributed by atoms with Crippen molar-refractivity contribution in [2.75, 3.05) is 18.1 Å². The number of nitrogens with one attached hydrogen (secondary N) is 2. The van der Waals surface area contributed by atoms with Gasteiger partial charge in [-0.3, -0.25) is 0 Å². The molecule has 21 heavy (non-hydrogen) atoms. The molecule has 6 heteroatoms. The SMILES string of the molecule is CCCNCc1cccc(S(=O)(=O)NC2CCCSC2)c1. The minimum Gasteiger partial charge on any atom is -0.313 e. The quantitative estimate of drug-likeness (QED) is 0.755. The van der Waals surface area contributed by atoms with E-state index in [4.69, 9.17) is 0 Å². The van der Waals surface area contributed by atoms with E-state index in [9.17, 15) is 8.42 Å². The third-order valence-corrected chi connectivity index (χ3v) is 6.18. The topological polar surface area (TPSA) is 58.2 Å². The molecule has 0 radical (unpaired) electrons. The molecule has 1 fully saturated rings. The minimum absolute atomic E-state index is 0.0654. The normalized spacial score (nSPS) is 19.6. The van der Waals surface area contributed by atoms with Gasteiger partial charge >= 0.3 is 0 Å². The molecule has 2 N–H and O–H groups in total. The van der Waals surface area contributed by atoms with Gasteiger partial charge in [0, 0.05) is 18.3 Å². The Kier molecular flexibility index (Phi) is 6.54. The highest BCUT2D eigenvalue weighted by Gasteiger charge is 2.22. The summed E-state index contributed by atoms with van der Waals surface area (Å²) in [5.74, 6) is 2.01. The first-order valence-corrected chi connectivity index (χ1v) is 10.2. The minimum atomic E-state index is -3.40. The number of thioether (sulfide) groups is 1. The van der Waals surface area contributed by atoms with Crippen LogP contribution in [0.4, 0.5) is 0 Å². The van der Waals surface area contributed by atoms with Crippen LogP contribution in [0.1, 0.15) is 31.7 Å². The van der Waals surface area contributed by atoms with E-state index in [1.54, 1.807) is 12.1 Å². The van der Waals surface area contributed by atoms with Gasteiger partial charge in [-0.2, -0.15) is 11.8 Å². The molecular weight excluding hydrogens is 304 g/mol. The Bertz CT molecular complexity index is 540. The molecule has 1 aromatic carbocycles. The lowest BCUT2D eigenvalue weighted by Crippen LogP contribution is -2.38. The monoisotopic (exact) mass is 328 g/mol. The van der Waals surface area contributed by atoms with Crippen molar-refractivity contribution in [1.82, 2.24) is 10.0 Å². The Morgan fingerprint density at radius 2 is 2.24 bits per heavy atom. The highest BCUT2D eigenvalue weighted by molar-refractivity contribution is 7.99. The lowest BCUT2D eigenvalue weighted by Gasteiger charge is -2.22. The molecule has 1 saturated heterocycles. The van der Waals surface area contributed by atoms with Crippen LogP contribution in [0.3, 0.4) is 0 Å². The molecule has 0 spiro atoms. The van der Waals surface area contributed by atoms with Gasteiger partial charge in [-0.15, -0.1) is 0 Å². The van der Waals surface area contributed by atoms with Crippen molar-refractivity contribution in [3.63, 3.8) is 0 Å². The molecule has 0 saturated carbocycles. The number of hydrogen-bond acceptors (Lipinski definition) is 4. The predicted octanol–water partition coefficient (Wildman–Crippen LogP) is 2.36. The number of hydrogen-bond donors (Lipinski definition) is 2. The van der Waals surface area contributed by atoms with Crippen molar-refractivity contribution in [3.05, 3.63) is 29.8 Å². The van der Waals surface area contributed by atoms with Crippen LogP contribution in [0, 0.1) is 0 Å². The van der Waals surface area contributed by atoms with Crippen molar-refractivity contribution < 1.29 is 8.42 Å². The first-order valence-electron chi connectivity index (χ1n) is 7.51. The molecule has 118 valence electrons. The van der Waals surface area contributed by atoms with Crippen molar-refractivity contribution in [2.24, 2.45) is 0 Å². The summed E-state index contributed by atoms with van der Waals surface area (Å²) in [5.41, 5.74) is 1.00. The van der Waals surface area contributed by atoms with E-state index < -0.39 is 10.0 Å². The van der Waals surface area contributed by atoms with Crippen LogP contribution in [0.2, 0.25) is 0 Å². The van der Waals surface area contributed by atoms with Gasteiger partial charge in [0.1, 0.15) is 0 Å². The maximum atomic E-state index is 12.4. The zero-order valence-corrected chi connectivity index (χ0v) is 14.1. The summed E-state index contributed by atoms with van der Waals surface area (Å²) in [7, 11) is -3.40. The lowest BCUT2D eigenvalue weighted by atomic mass is 10.2. The Hall–Kier alpha value is -0.560. The van der Waals surface area contributed by atoms with Crippen molar-refractivity contribution >= 4 is 21.8 Å². The Balaban J connectivity index is 2.02. The highest BCUT2D eigenvalue weighted by Crippen LogP contribution is 2.19. The van der Waals surface area contributed by atoms with E-state index in [1.807, 2.05) is 23.9 Å². The van der Waals surface area contributed by atoms with Crippen molar-refractivity contribution in [2.45, 2.75) is 43.7 Å². The maximum absolute atomic E-state index is 12.4. The summed E-state index contributed by atoms with van der Waals surface area (Å²) >= 11 is 1.82. The molecule has 0 amide bonds. The zero-order chi connectivity index (χ0) is 15.1. The maximum Gasteiger partial charge on any atom is 0.240 e. The van der Waals surface area contributed by atoms with Gasteiger partial charge in [-0.25, -0.2) is 13.1 Å². The highest BCUT2D eigenvalue weighted by atomic mass is 32.2. The molecule has 1 heterocycles. The molecule has 1 aromatic rings. The van der Waals surface area contributed by atoms with Crippen LogP contribution in [0.15, 0.2) is 29.2 Å². The Labute approximate surface area is 132 Å². The molecule has 1 atom stereocenters. The largest absolute Gasteiger partial charge is 0.313 e. The summed E-state index contributed by atoms with van der Waals surface area (Å²) in [5, 5.41) is 3.29. The third kappa shape index (κ3) is 5.29. The van der Waals surface area contributed by atoms with Crippen LogP contribution in [-0.2, 0) is 16.6 Å². The van der Waals surface area contributed by atoms with Gasteiger partial charge < -0.3 is 5.32 Å². The van der Waals surface area contributed by atoms with Gasteiger partial charge in [-0.1, -0.05) is 19.1 Å². The van der Waals surface area contributed by atoms with E-state index >= 15 is 0 Å². The van der Waals surface area contributed by atoms with Gasteiger partial charge in [-0.05, 0) is 49.3 Å². The first-order chi connectivity index (χ1) is 10.1. The number of rotatable bonds is 7. The molecule has 2 rings (SSSR count). The van der Waals surface area contributed by atoms with Gasteiger partial charge in [0.05, 0.1) is 4.90 Å². The summed E-state index contributed by atoms with van der Waals surface area (Å²) in [6, 6.07) is 7.27. The van der Waals surface area contributed by atoms with E-state index in [0.29, 0.717) is 11.4 Å². The standard InChI is InChI=1S/C15H24N2O2S2/c1-2-8-16-11-13-5-3-7-15(10-13)21(18,19)17-14-6-4-9-20-12-14/h3,5,7,10,14,16-17H,2,4,6,8-9,11-12H2,1H3. The molecule has 0 aliphatic carbocycles. The van der Waals surface area contributed by atoms with E-state index in [2.05, 4.69) is 17.0 Å². The second-order valence-corrected chi connectivity index (χ2v) is 8.22. The van der Waals surface area contributed by atoms with E-state index in [0.717, 1.165) is 42.9 Å². The second-order valence-electron chi connectivity index (χ2n) is 5.36. The molecule has 1 aliphatic rings. The molecule has 1 unspecified atom stereocenters. The average molecular weight is 329 g/mol. The first kappa shape index (κ1) is 16.8. The summed E-state index contributed by atoms with van der Waals surface area (Å²) in [4.78, 5) is 0.369. The fourth-order valence-electron chi connectivity index (χ4n) is 2.35. The van der Waals surface area contributed by atoms with Gasteiger partial charge in [0.25, 0.3) is 0 Å². The average Bonchev–Trinajstić information content (AvgIpc) is 2.48. The third-order valence-electron chi connectivity index (χ3n) is 3.45. The second kappa shape index (κ2) is 8.17. The van der Waals surface area contributed by atoms with E-state index in [-0.39, 0.29) is 6.04 Å². The van der Waals surface area contributed by atoms with Crippen molar-refractivity contribution in [3.8, 4) is 0 Å². The van der Waals surface area contributed by atoms with Crippen LogP contribution >= 0.6 is 11.8 Å². The zero-order valence-electron chi connectivity index (χ0n) is 12.5. The van der Waals surface area contributed by atoms with Gasteiger partial charge in [0.2, 0.25) is 10.0 Å². The van der Waals surface area contributed by atoms with E-state index in [1.165, 1.54) is 0 Å².